The van der Waals surface area contributed by atoms with Crippen molar-refractivity contribution in [1.82, 2.24) is 0 Å². The molecule has 14 heavy (non-hydrogen) atoms. The van der Waals surface area contributed by atoms with E-state index in [4.69, 9.17) is 28.9 Å². The molecule has 1 rings (SSSR count). The van der Waals surface area contributed by atoms with Crippen LogP contribution in [0.3, 0.4) is 0 Å². The summed E-state index contributed by atoms with van der Waals surface area (Å²) in [6.45, 7) is 2.76. The number of hydrogen-bond donors (Lipinski definition) is 1. The van der Waals surface area contributed by atoms with Crippen LogP contribution in [0, 0.1) is 0 Å². The van der Waals surface area contributed by atoms with Crippen LogP contribution in [0.1, 0.15) is 18.9 Å². The molecule has 0 bridgehead atoms. The van der Waals surface area contributed by atoms with Gasteiger partial charge in [0.1, 0.15) is 5.84 Å². The molecule has 0 saturated carbocycles. The fourth-order valence-corrected chi connectivity index (χ4v) is 1.55. The summed E-state index contributed by atoms with van der Waals surface area (Å²) in [6.07, 6.45) is 0.967. The second-order valence-corrected chi connectivity index (χ2v) is 3.80. The number of nitrogens with two attached hydrogens (primary N) is 1. The summed E-state index contributed by atoms with van der Waals surface area (Å²) in [5.74, 6) is 0.483. The van der Waals surface area contributed by atoms with Gasteiger partial charge in [0.25, 0.3) is 0 Å². The van der Waals surface area contributed by atoms with Crippen LogP contribution < -0.4 is 5.73 Å². The van der Waals surface area contributed by atoms with Gasteiger partial charge in [-0.15, -0.1) is 0 Å². The van der Waals surface area contributed by atoms with Crippen molar-refractivity contribution in [2.45, 2.75) is 13.3 Å². The Morgan fingerprint density at radius 1 is 1.29 bits per heavy atom. The highest BCUT2D eigenvalue weighted by atomic mass is 35.5. The molecular formula is C10H12Cl2N2. The standard InChI is InChI=1S/C10H12Cl2N2/c1-2-3-14-10(13)7-4-8(11)6-9(12)5-7/h4-6H,2-3H2,1H3,(H2,13,14). The fourth-order valence-electron chi connectivity index (χ4n) is 1.03. The third kappa shape index (κ3) is 3.20. The van der Waals surface area contributed by atoms with Gasteiger partial charge in [-0.25, -0.2) is 0 Å². The second kappa shape index (κ2) is 5.23. The number of halogens is 2. The van der Waals surface area contributed by atoms with E-state index in [1.807, 2.05) is 6.92 Å². The Balaban J connectivity index is 2.95. The lowest BCUT2D eigenvalue weighted by Gasteiger charge is -2.02. The molecule has 2 nitrogen and oxygen atoms in total. The van der Waals surface area contributed by atoms with E-state index >= 15 is 0 Å². The number of amidine groups is 1. The lowest BCUT2D eigenvalue weighted by Crippen LogP contribution is -2.13. The first-order chi connectivity index (χ1) is 6.63. The van der Waals surface area contributed by atoms with Gasteiger partial charge in [0.05, 0.1) is 0 Å². The predicted octanol–water partition coefficient (Wildman–Crippen LogP) is 3.11. The van der Waals surface area contributed by atoms with E-state index in [2.05, 4.69) is 4.99 Å². The van der Waals surface area contributed by atoms with Crippen molar-refractivity contribution in [1.29, 1.82) is 0 Å². The zero-order valence-electron chi connectivity index (χ0n) is 7.93. The van der Waals surface area contributed by atoms with Gasteiger partial charge in [0.2, 0.25) is 0 Å². The highest BCUT2D eigenvalue weighted by Gasteiger charge is 2.01. The van der Waals surface area contributed by atoms with E-state index in [0.29, 0.717) is 15.9 Å². The van der Waals surface area contributed by atoms with Crippen LogP contribution in [-0.2, 0) is 0 Å². The summed E-state index contributed by atoms with van der Waals surface area (Å²) >= 11 is 11.7. The number of rotatable bonds is 3. The molecule has 0 radical (unpaired) electrons. The maximum Gasteiger partial charge on any atom is 0.125 e. The summed E-state index contributed by atoms with van der Waals surface area (Å²) in [5, 5.41) is 1.14. The lowest BCUT2D eigenvalue weighted by molar-refractivity contribution is 0.930. The van der Waals surface area contributed by atoms with Crippen LogP contribution in [0.5, 0.6) is 0 Å². The van der Waals surface area contributed by atoms with Gasteiger partial charge < -0.3 is 5.73 Å². The van der Waals surface area contributed by atoms with E-state index in [1.165, 1.54) is 0 Å². The van der Waals surface area contributed by atoms with Crippen molar-refractivity contribution in [2.75, 3.05) is 6.54 Å². The van der Waals surface area contributed by atoms with Crippen LogP contribution in [0.4, 0.5) is 0 Å². The molecule has 1 aromatic carbocycles. The minimum atomic E-state index is 0.483. The van der Waals surface area contributed by atoms with Crippen molar-refractivity contribution in [3.05, 3.63) is 33.8 Å². The largest absolute Gasteiger partial charge is 0.384 e. The average Bonchev–Trinajstić information content (AvgIpc) is 2.12. The van der Waals surface area contributed by atoms with Gasteiger partial charge in [-0.05, 0) is 24.6 Å². The zero-order valence-corrected chi connectivity index (χ0v) is 9.44. The van der Waals surface area contributed by atoms with Crippen molar-refractivity contribution in [3.63, 3.8) is 0 Å². The monoisotopic (exact) mass is 230 g/mol. The first-order valence-electron chi connectivity index (χ1n) is 4.40. The molecule has 0 amide bonds. The third-order valence-electron chi connectivity index (χ3n) is 1.66. The van der Waals surface area contributed by atoms with Crippen LogP contribution in [0.2, 0.25) is 10.0 Å². The topological polar surface area (TPSA) is 38.4 Å². The van der Waals surface area contributed by atoms with Gasteiger partial charge in [0, 0.05) is 22.2 Å². The molecule has 76 valence electrons. The van der Waals surface area contributed by atoms with Crippen LogP contribution in [0.15, 0.2) is 23.2 Å². The predicted molar refractivity (Wildman–Crippen MR) is 62.3 cm³/mol. The Morgan fingerprint density at radius 2 is 1.86 bits per heavy atom. The summed E-state index contributed by atoms with van der Waals surface area (Å²) in [7, 11) is 0. The Hall–Kier alpha value is -0.730. The van der Waals surface area contributed by atoms with Gasteiger partial charge in [0.15, 0.2) is 0 Å². The molecule has 4 heteroatoms. The van der Waals surface area contributed by atoms with Gasteiger partial charge in [-0.1, -0.05) is 30.1 Å². The lowest BCUT2D eigenvalue weighted by atomic mass is 10.2. The van der Waals surface area contributed by atoms with E-state index in [0.717, 1.165) is 18.5 Å². The molecule has 0 aromatic heterocycles. The molecule has 0 unspecified atom stereocenters. The molecule has 1 aromatic rings. The maximum atomic E-state index is 5.83. The minimum absolute atomic E-state index is 0.483. The zero-order chi connectivity index (χ0) is 10.6. The van der Waals surface area contributed by atoms with E-state index in [-0.39, 0.29) is 0 Å². The Bertz CT molecular complexity index is 328. The Morgan fingerprint density at radius 3 is 2.36 bits per heavy atom. The van der Waals surface area contributed by atoms with Crippen molar-refractivity contribution < 1.29 is 0 Å². The van der Waals surface area contributed by atoms with Crippen molar-refractivity contribution >= 4 is 29.0 Å². The summed E-state index contributed by atoms with van der Waals surface area (Å²) in [5.41, 5.74) is 6.53. The summed E-state index contributed by atoms with van der Waals surface area (Å²) in [6, 6.07) is 5.17. The van der Waals surface area contributed by atoms with Crippen LogP contribution in [0.25, 0.3) is 0 Å². The van der Waals surface area contributed by atoms with E-state index in [9.17, 15) is 0 Å². The fraction of sp³-hybridized carbons (Fsp3) is 0.300. The van der Waals surface area contributed by atoms with Gasteiger partial charge in [-0.3, -0.25) is 4.99 Å². The smallest absolute Gasteiger partial charge is 0.125 e. The van der Waals surface area contributed by atoms with Gasteiger partial charge >= 0.3 is 0 Å². The van der Waals surface area contributed by atoms with Gasteiger partial charge in [-0.2, -0.15) is 0 Å². The number of benzene rings is 1. The molecule has 0 spiro atoms. The molecule has 0 heterocycles. The highest BCUT2D eigenvalue weighted by Crippen LogP contribution is 2.18. The Labute approximate surface area is 93.7 Å². The normalized spacial score (nSPS) is 11.8. The van der Waals surface area contributed by atoms with Crippen LogP contribution in [-0.4, -0.2) is 12.4 Å². The third-order valence-corrected chi connectivity index (χ3v) is 2.10. The van der Waals surface area contributed by atoms with E-state index in [1.54, 1.807) is 18.2 Å². The maximum absolute atomic E-state index is 5.83. The van der Waals surface area contributed by atoms with Crippen molar-refractivity contribution in [2.24, 2.45) is 10.7 Å². The molecule has 0 aliphatic rings. The molecule has 0 aliphatic heterocycles. The minimum Gasteiger partial charge on any atom is -0.384 e. The average molecular weight is 231 g/mol. The molecule has 0 saturated heterocycles. The molecule has 0 aliphatic carbocycles. The summed E-state index contributed by atoms with van der Waals surface area (Å²) in [4.78, 5) is 4.17. The quantitative estimate of drug-likeness (QED) is 0.629. The molecule has 0 fully saturated rings. The molecule has 0 atom stereocenters. The molecular weight excluding hydrogens is 219 g/mol. The highest BCUT2D eigenvalue weighted by molar-refractivity contribution is 6.35. The number of aliphatic imine (C=N–C) groups is 1. The first-order valence-corrected chi connectivity index (χ1v) is 5.15. The summed E-state index contributed by atoms with van der Waals surface area (Å²) < 4.78 is 0. The first kappa shape index (κ1) is 11.3. The number of hydrogen-bond acceptors (Lipinski definition) is 1. The second-order valence-electron chi connectivity index (χ2n) is 2.93. The molecule has 2 N–H and O–H groups in total. The SMILES string of the molecule is CCCN=C(N)c1cc(Cl)cc(Cl)c1. The van der Waals surface area contributed by atoms with Crippen molar-refractivity contribution in [3.8, 4) is 0 Å². The van der Waals surface area contributed by atoms with Crippen LogP contribution >= 0.6 is 23.2 Å². The van der Waals surface area contributed by atoms with E-state index < -0.39 is 0 Å². The Kier molecular flexibility index (Phi) is 4.23. The number of nitrogens with zero attached hydrogens (tertiary/aromatic N) is 1.